The molecule has 1 heterocycles. The Labute approximate surface area is 89.7 Å². The normalized spacial score (nSPS) is 13.9. The topological polar surface area (TPSA) is 55.1 Å². The van der Waals surface area contributed by atoms with E-state index in [0.29, 0.717) is 13.0 Å². The maximum Gasteiger partial charge on any atom is 0.228 e. The molecule has 3 N–H and O–H groups in total. The van der Waals surface area contributed by atoms with Gasteiger partial charge in [-0.05, 0) is 49.1 Å². The molecule has 0 aromatic heterocycles. The number of rotatable bonds is 2. The molecule has 80 valence electrons. The van der Waals surface area contributed by atoms with Gasteiger partial charge in [0.2, 0.25) is 5.91 Å². The van der Waals surface area contributed by atoms with Crippen molar-refractivity contribution in [1.82, 2.24) is 0 Å². The number of carbonyl (C=O) groups is 1. The molecule has 0 bridgehead atoms. The zero-order chi connectivity index (χ0) is 11.0. The van der Waals surface area contributed by atoms with Gasteiger partial charge in [-0.15, -0.1) is 0 Å². The smallest absolute Gasteiger partial charge is 0.228 e. The number of fused-ring (bicyclic) bond motifs is 1. The SMILES string of the molecule is Cc1cc2c(c(CCN)c1C)NC(=O)C2. The van der Waals surface area contributed by atoms with Crippen LogP contribution in [0.1, 0.15) is 22.3 Å². The first-order valence-corrected chi connectivity index (χ1v) is 5.25. The van der Waals surface area contributed by atoms with Crippen molar-refractivity contribution in [2.45, 2.75) is 26.7 Å². The van der Waals surface area contributed by atoms with Gasteiger partial charge in [-0.3, -0.25) is 4.79 Å². The Morgan fingerprint density at radius 1 is 1.47 bits per heavy atom. The maximum absolute atomic E-state index is 11.3. The van der Waals surface area contributed by atoms with E-state index >= 15 is 0 Å². The van der Waals surface area contributed by atoms with Crippen LogP contribution < -0.4 is 11.1 Å². The first-order valence-electron chi connectivity index (χ1n) is 5.25. The third-order valence-electron chi connectivity index (χ3n) is 3.07. The molecule has 3 heteroatoms. The number of carbonyl (C=O) groups excluding carboxylic acids is 1. The predicted octanol–water partition coefficient (Wildman–Crippen LogP) is 1.30. The minimum atomic E-state index is 0.0910. The lowest BCUT2D eigenvalue weighted by Gasteiger charge is -2.13. The quantitative estimate of drug-likeness (QED) is 0.763. The molecule has 0 radical (unpaired) electrons. The summed E-state index contributed by atoms with van der Waals surface area (Å²) in [7, 11) is 0. The lowest BCUT2D eigenvalue weighted by Crippen LogP contribution is -2.09. The fourth-order valence-electron chi connectivity index (χ4n) is 2.17. The molecule has 1 amide bonds. The molecule has 2 rings (SSSR count). The van der Waals surface area contributed by atoms with Gasteiger partial charge >= 0.3 is 0 Å². The van der Waals surface area contributed by atoms with E-state index in [9.17, 15) is 4.79 Å². The fourth-order valence-corrected chi connectivity index (χ4v) is 2.17. The summed E-state index contributed by atoms with van der Waals surface area (Å²) in [6.07, 6.45) is 1.34. The summed E-state index contributed by atoms with van der Waals surface area (Å²) in [4.78, 5) is 11.3. The van der Waals surface area contributed by atoms with Gasteiger partial charge in [-0.2, -0.15) is 0 Å². The molecule has 0 aliphatic carbocycles. The van der Waals surface area contributed by atoms with Crippen molar-refractivity contribution in [1.29, 1.82) is 0 Å². The van der Waals surface area contributed by atoms with Crippen molar-refractivity contribution in [3.8, 4) is 0 Å². The minimum Gasteiger partial charge on any atom is -0.330 e. The van der Waals surface area contributed by atoms with Gasteiger partial charge in [0.15, 0.2) is 0 Å². The van der Waals surface area contributed by atoms with Gasteiger partial charge in [0.25, 0.3) is 0 Å². The zero-order valence-corrected chi connectivity index (χ0v) is 9.18. The summed E-state index contributed by atoms with van der Waals surface area (Å²) < 4.78 is 0. The number of benzene rings is 1. The Morgan fingerprint density at radius 2 is 2.20 bits per heavy atom. The summed E-state index contributed by atoms with van der Waals surface area (Å²) in [6.45, 7) is 4.79. The molecular formula is C12H16N2O. The van der Waals surface area contributed by atoms with Crippen molar-refractivity contribution < 1.29 is 4.79 Å². The molecule has 15 heavy (non-hydrogen) atoms. The Kier molecular flexibility index (Phi) is 2.49. The Bertz CT molecular complexity index is 424. The highest BCUT2D eigenvalue weighted by Gasteiger charge is 2.22. The molecule has 3 nitrogen and oxygen atoms in total. The second-order valence-electron chi connectivity index (χ2n) is 4.09. The summed E-state index contributed by atoms with van der Waals surface area (Å²) in [5.74, 6) is 0.0910. The van der Waals surface area contributed by atoms with E-state index in [4.69, 9.17) is 5.73 Å². The molecule has 0 saturated carbocycles. The van der Waals surface area contributed by atoms with Crippen LogP contribution in [-0.4, -0.2) is 12.5 Å². The first kappa shape index (κ1) is 10.2. The molecule has 0 atom stereocenters. The zero-order valence-electron chi connectivity index (χ0n) is 9.18. The van der Waals surface area contributed by atoms with Crippen LogP contribution in [0.4, 0.5) is 5.69 Å². The van der Waals surface area contributed by atoms with E-state index in [2.05, 4.69) is 25.2 Å². The van der Waals surface area contributed by atoms with Gasteiger partial charge < -0.3 is 11.1 Å². The lowest BCUT2D eigenvalue weighted by molar-refractivity contribution is -0.115. The number of hydrogen-bond donors (Lipinski definition) is 2. The number of nitrogens with two attached hydrogens (primary N) is 1. The molecule has 0 fully saturated rings. The van der Waals surface area contributed by atoms with Crippen molar-refractivity contribution in [2.75, 3.05) is 11.9 Å². The van der Waals surface area contributed by atoms with Crippen LogP contribution in [0, 0.1) is 13.8 Å². The second kappa shape index (κ2) is 3.66. The van der Waals surface area contributed by atoms with E-state index in [-0.39, 0.29) is 5.91 Å². The van der Waals surface area contributed by atoms with E-state index in [1.165, 1.54) is 16.7 Å². The Balaban J connectivity index is 2.56. The largest absolute Gasteiger partial charge is 0.330 e. The minimum absolute atomic E-state index is 0.0910. The number of amides is 1. The van der Waals surface area contributed by atoms with Gasteiger partial charge in [-0.25, -0.2) is 0 Å². The average Bonchev–Trinajstić information content (AvgIpc) is 2.53. The third-order valence-corrected chi connectivity index (χ3v) is 3.07. The number of nitrogens with one attached hydrogen (secondary N) is 1. The Hall–Kier alpha value is -1.35. The standard InChI is InChI=1S/C12H16N2O/c1-7-5-9-6-11(15)14-12(9)10(3-4-13)8(7)2/h5H,3-4,6,13H2,1-2H3,(H,14,15). The molecule has 0 unspecified atom stereocenters. The molecule has 1 aromatic rings. The molecular weight excluding hydrogens is 188 g/mol. The monoisotopic (exact) mass is 204 g/mol. The lowest BCUT2D eigenvalue weighted by atomic mass is 9.95. The molecule has 0 spiro atoms. The van der Waals surface area contributed by atoms with Gasteiger partial charge in [-0.1, -0.05) is 6.07 Å². The summed E-state index contributed by atoms with van der Waals surface area (Å²) in [5.41, 5.74) is 11.4. The van der Waals surface area contributed by atoms with Crippen LogP contribution in [0.3, 0.4) is 0 Å². The second-order valence-corrected chi connectivity index (χ2v) is 4.09. The van der Waals surface area contributed by atoms with Crippen LogP contribution in [0.25, 0.3) is 0 Å². The number of anilines is 1. The van der Waals surface area contributed by atoms with E-state index < -0.39 is 0 Å². The predicted molar refractivity (Wildman–Crippen MR) is 61.0 cm³/mol. The number of aryl methyl sites for hydroxylation is 1. The van der Waals surface area contributed by atoms with Crippen molar-refractivity contribution in [3.63, 3.8) is 0 Å². The molecule has 0 saturated heterocycles. The molecule has 1 aromatic carbocycles. The summed E-state index contributed by atoms with van der Waals surface area (Å²) in [5, 5.41) is 2.92. The van der Waals surface area contributed by atoms with Crippen LogP contribution >= 0.6 is 0 Å². The highest BCUT2D eigenvalue weighted by Crippen LogP contribution is 2.32. The van der Waals surface area contributed by atoms with E-state index in [1.54, 1.807) is 0 Å². The summed E-state index contributed by atoms with van der Waals surface area (Å²) in [6, 6.07) is 2.10. The first-order chi connectivity index (χ1) is 7.13. The summed E-state index contributed by atoms with van der Waals surface area (Å²) >= 11 is 0. The van der Waals surface area contributed by atoms with Crippen LogP contribution in [-0.2, 0) is 17.6 Å². The van der Waals surface area contributed by atoms with Crippen molar-refractivity contribution >= 4 is 11.6 Å². The fraction of sp³-hybridized carbons (Fsp3) is 0.417. The third kappa shape index (κ3) is 1.63. The van der Waals surface area contributed by atoms with E-state index in [0.717, 1.165) is 17.7 Å². The van der Waals surface area contributed by atoms with Gasteiger partial charge in [0, 0.05) is 5.69 Å². The van der Waals surface area contributed by atoms with Gasteiger partial charge in [0.05, 0.1) is 6.42 Å². The average molecular weight is 204 g/mol. The van der Waals surface area contributed by atoms with Crippen LogP contribution in [0.2, 0.25) is 0 Å². The maximum atomic E-state index is 11.3. The molecule has 1 aliphatic rings. The van der Waals surface area contributed by atoms with Crippen LogP contribution in [0.15, 0.2) is 6.07 Å². The Morgan fingerprint density at radius 3 is 2.87 bits per heavy atom. The van der Waals surface area contributed by atoms with E-state index in [1.807, 2.05) is 0 Å². The van der Waals surface area contributed by atoms with Crippen molar-refractivity contribution in [2.24, 2.45) is 5.73 Å². The van der Waals surface area contributed by atoms with Gasteiger partial charge in [0.1, 0.15) is 0 Å². The van der Waals surface area contributed by atoms with Crippen LogP contribution in [0.5, 0.6) is 0 Å². The number of hydrogen-bond acceptors (Lipinski definition) is 2. The van der Waals surface area contributed by atoms with Crippen molar-refractivity contribution in [3.05, 3.63) is 28.3 Å². The highest BCUT2D eigenvalue weighted by molar-refractivity contribution is 6.00. The molecule has 1 aliphatic heterocycles. The highest BCUT2D eigenvalue weighted by atomic mass is 16.1.